The van der Waals surface area contributed by atoms with Gasteiger partial charge in [-0.3, -0.25) is 4.98 Å². The number of aromatic nitrogens is 1. The molecule has 0 unspecified atom stereocenters. The molecular weight excluding hydrogens is 218 g/mol. The highest BCUT2D eigenvalue weighted by Crippen LogP contribution is 2.24. The molecule has 3 nitrogen and oxygen atoms in total. The molecule has 0 aliphatic rings. The first-order valence-corrected chi connectivity index (χ1v) is 6.16. The van der Waals surface area contributed by atoms with Gasteiger partial charge >= 0.3 is 0 Å². The summed E-state index contributed by atoms with van der Waals surface area (Å²) in [4.78, 5) is 7.61. The van der Waals surface area contributed by atoms with Crippen molar-refractivity contribution in [2.24, 2.45) is 0 Å². The molecule has 0 amide bonds. The molecular formula is C12H15N3S. The summed E-state index contributed by atoms with van der Waals surface area (Å²) in [6.45, 7) is 3.97. The molecule has 2 N–H and O–H groups in total. The van der Waals surface area contributed by atoms with Crippen molar-refractivity contribution in [2.45, 2.75) is 13.5 Å². The van der Waals surface area contributed by atoms with Crippen LogP contribution in [0.25, 0.3) is 0 Å². The second kappa shape index (κ2) is 4.99. The van der Waals surface area contributed by atoms with Crippen LogP contribution in [0.4, 0.5) is 11.4 Å². The zero-order valence-corrected chi connectivity index (χ0v) is 10.1. The van der Waals surface area contributed by atoms with E-state index < -0.39 is 0 Å². The van der Waals surface area contributed by atoms with Gasteiger partial charge in [0.25, 0.3) is 0 Å². The summed E-state index contributed by atoms with van der Waals surface area (Å²) in [5.74, 6) is 0. The summed E-state index contributed by atoms with van der Waals surface area (Å²) in [7, 11) is 0. The third-order valence-electron chi connectivity index (χ3n) is 2.48. The minimum Gasteiger partial charge on any atom is -0.396 e. The first kappa shape index (κ1) is 11.0. The van der Waals surface area contributed by atoms with E-state index in [1.807, 2.05) is 6.07 Å². The zero-order valence-electron chi connectivity index (χ0n) is 9.26. The number of rotatable bonds is 4. The van der Waals surface area contributed by atoms with Gasteiger partial charge in [-0.1, -0.05) is 6.07 Å². The van der Waals surface area contributed by atoms with Gasteiger partial charge in [0, 0.05) is 17.6 Å². The van der Waals surface area contributed by atoms with Gasteiger partial charge in [-0.05, 0) is 24.4 Å². The average molecular weight is 233 g/mol. The summed E-state index contributed by atoms with van der Waals surface area (Å²) >= 11 is 1.77. The van der Waals surface area contributed by atoms with E-state index in [0.29, 0.717) is 0 Å². The fraction of sp³-hybridized carbons (Fsp3) is 0.250. The molecule has 2 rings (SSSR count). The average Bonchev–Trinajstić information content (AvgIpc) is 2.80. The predicted molar refractivity (Wildman–Crippen MR) is 69.7 cm³/mol. The van der Waals surface area contributed by atoms with Gasteiger partial charge in [0.1, 0.15) is 0 Å². The van der Waals surface area contributed by atoms with Crippen LogP contribution in [0.2, 0.25) is 0 Å². The highest BCUT2D eigenvalue weighted by Gasteiger charge is 2.08. The molecule has 0 saturated heterocycles. The molecule has 0 fully saturated rings. The SMILES string of the molecule is CCN(Cc1cccs1)c1ccncc1N. The lowest BCUT2D eigenvalue weighted by Gasteiger charge is -2.23. The lowest BCUT2D eigenvalue weighted by atomic mass is 10.3. The molecule has 0 bridgehead atoms. The molecule has 0 aromatic carbocycles. The summed E-state index contributed by atoms with van der Waals surface area (Å²) in [6.07, 6.45) is 3.48. The van der Waals surface area contributed by atoms with Crippen molar-refractivity contribution in [3.05, 3.63) is 40.8 Å². The normalized spacial score (nSPS) is 10.3. The highest BCUT2D eigenvalue weighted by atomic mass is 32.1. The van der Waals surface area contributed by atoms with Crippen LogP contribution in [0, 0.1) is 0 Å². The van der Waals surface area contributed by atoms with Crippen molar-refractivity contribution >= 4 is 22.7 Å². The minimum atomic E-state index is 0.737. The Morgan fingerprint density at radius 1 is 1.44 bits per heavy atom. The summed E-state index contributed by atoms with van der Waals surface area (Å²) < 4.78 is 0. The number of hydrogen-bond donors (Lipinski definition) is 1. The lowest BCUT2D eigenvalue weighted by molar-refractivity contribution is 0.843. The Bertz CT molecular complexity index is 439. The minimum absolute atomic E-state index is 0.737. The Hall–Kier alpha value is -1.55. The third kappa shape index (κ3) is 2.33. The Morgan fingerprint density at radius 3 is 2.94 bits per heavy atom. The molecule has 0 atom stereocenters. The number of nitrogens with zero attached hydrogens (tertiary/aromatic N) is 2. The van der Waals surface area contributed by atoms with Crippen LogP contribution in [0.5, 0.6) is 0 Å². The second-order valence-corrected chi connectivity index (χ2v) is 4.56. The van der Waals surface area contributed by atoms with Crippen LogP contribution >= 0.6 is 11.3 Å². The maximum atomic E-state index is 5.93. The Morgan fingerprint density at radius 2 is 2.31 bits per heavy atom. The van der Waals surface area contributed by atoms with Crippen LogP contribution in [0.1, 0.15) is 11.8 Å². The van der Waals surface area contributed by atoms with E-state index in [1.165, 1.54) is 4.88 Å². The molecule has 0 aliphatic carbocycles. The van der Waals surface area contributed by atoms with Crippen molar-refractivity contribution in [3.8, 4) is 0 Å². The zero-order chi connectivity index (χ0) is 11.4. The fourth-order valence-electron chi connectivity index (χ4n) is 1.65. The standard InChI is InChI=1S/C12H15N3S/c1-2-15(9-10-4-3-7-16-10)12-5-6-14-8-11(12)13/h3-8H,2,9,13H2,1H3. The van der Waals surface area contributed by atoms with E-state index >= 15 is 0 Å². The molecule has 0 radical (unpaired) electrons. The van der Waals surface area contributed by atoms with Gasteiger partial charge < -0.3 is 10.6 Å². The smallest absolute Gasteiger partial charge is 0.0738 e. The van der Waals surface area contributed by atoms with Crippen LogP contribution < -0.4 is 10.6 Å². The topological polar surface area (TPSA) is 42.2 Å². The fourth-order valence-corrected chi connectivity index (χ4v) is 2.36. The largest absolute Gasteiger partial charge is 0.396 e. The van der Waals surface area contributed by atoms with E-state index in [2.05, 4.69) is 34.3 Å². The van der Waals surface area contributed by atoms with Gasteiger partial charge in [0.2, 0.25) is 0 Å². The van der Waals surface area contributed by atoms with Gasteiger partial charge in [0.15, 0.2) is 0 Å². The van der Waals surface area contributed by atoms with E-state index in [4.69, 9.17) is 5.73 Å². The maximum Gasteiger partial charge on any atom is 0.0738 e. The summed E-state index contributed by atoms with van der Waals surface area (Å²) in [5, 5.41) is 2.10. The molecule has 0 aliphatic heterocycles. The van der Waals surface area contributed by atoms with Crippen LogP contribution in [0.15, 0.2) is 36.0 Å². The van der Waals surface area contributed by atoms with Gasteiger partial charge in [-0.2, -0.15) is 0 Å². The first-order valence-electron chi connectivity index (χ1n) is 5.28. The number of hydrogen-bond acceptors (Lipinski definition) is 4. The van der Waals surface area contributed by atoms with Crippen LogP contribution in [-0.2, 0) is 6.54 Å². The van der Waals surface area contributed by atoms with Crippen molar-refractivity contribution in [1.82, 2.24) is 4.98 Å². The number of pyridine rings is 1. The van der Waals surface area contributed by atoms with Gasteiger partial charge in [0.05, 0.1) is 24.1 Å². The molecule has 84 valence electrons. The van der Waals surface area contributed by atoms with E-state index in [1.54, 1.807) is 23.7 Å². The highest BCUT2D eigenvalue weighted by molar-refractivity contribution is 7.09. The number of anilines is 2. The van der Waals surface area contributed by atoms with Crippen molar-refractivity contribution < 1.29 is 0 Å². The molecule has 2 aromatic heterocycles. The van der Waals surface area contributed by atoms with Crippen molar-refractivity contribution in [2.75, 3.05) is 17.2 Å². The Labute approximate surface area is 99.5 Å². The van der Waals surface area contributed by atoms with E-state index in [0.717, 1.165) is 24.5 Å². The molecule has 2 aromatic rings. The quantitative estimate of drug-likeness (QED) is 0.883. The molecule has 0 saturated carbocycles. The number of nitrogen functional groups attached to an aromatic ring is 1. The Kier molecular flexibility index (Phi) is 3.41. The molecule has 2 heterocycles. The maximum absolute atomic E-state index is 5.93. The van der Waals surface area contributed by atoms with E-state index in [-0.39, 0.29) is 0 Å². The number of nitrogens with two attached hydrogens (primary N) is 1. The summed E-state index contributed by atoms with van der Waals surface area (Å²) in [6, 6.07) is 6.18. The van der Waals surface area contributed by atoms with Crippen molar-refractivity contribution in [1.29, 1.82) is 0 Å². The summed E-state index contributed by atoms with van der Waals surface area (Å²) in [5.41, 5.74) is 7.72. The predicted octanol–water partition coefficient (Wildman–Crippen LogP) is 2.75. The van der Waals surface area contributed by atoms with Crippen LogP contribution in [0.3, 0.4) is 0 Å². The molecule has 0 spiro atoms. The third-order valence-corrected chi connectivity index (χ3v) is 3.34. The monoisotopic (exact) mass is 233 g/mol. The van der Waals surface area contributed by atoms with Gasteiger partial charge in [-0.15, -0.1) is 11.3 Å². The van der Waals surface area contributed by atoms with Crippen molar-refractivity contribution in [3.63, 3.8) is 0 Å². The first-order chi connectivity index (χ1) is 7.81. The van der Waals surface area contributed by atoms with Gasteiger partial charge in [-0.25, -0.2) is 0 Å². The molecule has 16 heavy (non-hydrogen) atoms. The number of thiophene rings is 1. The van der Waals surface area contributed by atoms with E-state index in [9.17, 15) is 0 Å². The molecule has 4 heteroatoms. The van der Waals surface area contributed by atoms with Crippen LogP contribution in [-0.4, -0.2) is 11.5 Å². The Balaban J connectivity index is 2.20. The second-order valence-electron chi connectivity index (χ2n) is 3.53. The lowest BCUT2D eigenvalue weighted by Crippen LogP contribution is -2.22.